The van der Waals surface area contributed by atoms with Gasteiger partial charge >= 0.3 is 0 Å². The van der Waals surface area contributed by atoms with Crippen molar-refractivity contribution in [2.45, 2.75) is 25.6 Å². The minimum absolute atomic E-state index is 0.0226. The van der Waals surface area contributed by atoms with Gasteiger partial charge in [-0.05, 0) is 37.1 Å². The molecule has 0 bridgehead atoms. The molecule has 0 N–H and O–H groups in total. The number of carbonyl (C=O) groups excluding carboxylic acids is 1. The molecule has 0 radical (unpaired) electrons. The Morgan fingerprint density at radius 2 is 1.88 bits per heavy atom. The summed E-state index contributed by atoms with van der Waals surface area (Å²) in [5.74, 6) is 0.747. The number of nitrogens with zero attached hydrogens (tertiary/aromatic N) is 3. The maximum Gasteiger partial charge on any atom is 0.277 e. The zero-order valence-corrected chi connectivity index (χ0v) is 15.9. The van der Waals surface area contributed by atoms with Crippen LogP contribution in [0, 0.1) is 13.8 Å². The average molecular weight is 367 g/mol. The zero-order valence-electron chi connectivity index (χ0n) is 15.1. The van der Waals surface area contributed by atoms with Crippen LogP contribution in [0.1, 0.15) is 16.7 Å². The van der Waals surface area contributed by atoms with E-state index in [1.54, 1.807) is 4.90 Å². The predicted octanol–water partition coefficient (Wildman–Crippen LogP) is 4.10. The van der Waals surface area contributed by atoms with Gasteiger partial charge in [-0.3, -0.25) is 4.79 Å². The van der Waals surface area contributed by atoms with Gasteiger partial charge in [-0.25, -0.2) is 0 Å². The van der Waals surface area contributed by atoms with E-state index >= 15 is 0 Å². The molecule has 5 nitrogen and oxygen atoms in total. The molecule has 0 aliphatic rings. The lowest BCUT2D eigenvalue weighted by Crippen LogP contribution is -2.28. The molecular weight excluding hydrogens is 346 g/mol. The SMILES string of the molecule is Cc1ccc(CN(C)C(=O)CSc2nnc(-c3ccccc3)o2)c(C)c1. The molecule has 0 fully saturated rings. The van der Waals surface area contributed by atoms with E-state index in [1.165, 1.54) is 22.9 Å². The monoisotopic (exact) mass is 367 g/mol. The highest BCUT2D eigenvalue weighted by molar-refractivity contribution is 7.99. The Kier molecular flexibility index (Phi) is 5.73. The molecule has 6 heteroatoms. The summed E-state index contributed by atoms with van der Waals surface area (Å²) < 4.78 is 5.62. The first kappa shape index (κ1) is 18.2. The summed E-state index contributed by atoms with van der Waals surface area (Å²) in [4.78, 5) is 14.1. The Morgan fingerprint density at radius 3 is 2.62 bits per heavy atom. The van der Waals surface area contributed by atoms with Crippen LogP contribution in [0.4, 0.5) is 0 Å². The number of benzene rings is 2. The molecule has 0 saturated heterocycles. The van der Waals surface area contributed by atoms with Crippen LogP contribution in [0.25, 0.3) is 11.5 Å². The smallest absolute Gasteiger partial charge is 0.277 e. The number of hydrogen-bond donors (Lipinski definition) is 0. The fourth-order valence-electron chi connectivity index (χ4n) is 2.57. The summed E-state index contributed by atoms with van der Waals surface area (Å²) >= 11 is 1.26. The van der Waals surface area contributed by atoms with Crippen LogP contribution in [0.5, 0.6) is 0 Å². The molecule has 2 aromatic carbocycles. The second-order valence-electron chi connectivity index (χ2n) is 6.21. The minimum Gasteiger partial charge on any atom is -0.411 e. The first-order valence-electron chi connectivity index (χ1n) is 8.35. The van der Waals surface area contributed by atoms with Gasteiger partial charge in [0.2, 0.25) is 11.8 Å². The van der Waals surface area contributed by atoms with E-state index in [1.807, 2.05) is 37.4 Å². The third-order valence-electron chi connectivity index (χ3n) is 4.08. The second kappa shape index (κ2) is 8.19. The maximum atomic E-state index is 12.4. The first-order valence-corrected chi connectivity index (χ1v) is 9.33. The van der Waals surface area contributed by atoms with Crippen LogP contribution in [0.15, 0.2) is 58.2 Å². The number of amides is 1. The quantitative estimate of drug-likeness (QED) is 0.614. The van der Waals surface area contributed by atoms with Crippen molar-refractivity contribution in [3.63, 3.8) is 0 Å². The van der Waals surface area contributed by atoms with Gasteiger partial charge in [-0.15, -0.1) is 10.2 Å². The predicted molar refractivity (Wildman–Crippen MR) is 103 cm³/mol. The van der Waals surface area contributed by atoms with Crippen LogP contribution < -0.4 is 0 Å². The lowest BCUT2D eigenvalue weighted by atomic mass is 10.1. The molecule has 1 heterocycles. The van der Waals surface area contributed by atoms with Crippen molar-refractivity contribution in [2.75, 3.05) is 12.8 Å². The standard InChI is InChI=1S/C20H21N3O2S/c1-14-9-10-17(15(2)11-14)12-23(3)18(24)13-26-20-22-21-19(25-20)16-7-5-4-6-8-16/h4-11H,12-13H2,1-3H3. The maximum absolute atomic E-state index is 12.4. The highest BCUT2D eigenvalue weighted by atomic mass is 32.2. The van der Waals surface area contributed by atoms with Crippen LogP contribution in [-0.4, -0.2) is 33.8 Å². The van der Waals surface area contributed by atoms with Gasteiger partial charge in [0.25, 0.3) is 5.22 Å². The molecule has 26 heavy (non-hydrogen) atoms. The Hall–Kier alpha value is -2.60. The molecule has 0 aliphatic carbocycles. The van der Waals surface area contributed by atoms with E-state index in [2.05, 4.69) is 42.2 Å². The molecule has 0 saturated carbocycles. The van der Waals surface area contributed by atoms with Crippen LogP contribution >= 0.6 is 11.8 Å². The number of aromatic nitrogens is 2. The van der Waals surface area contributed by atoms with Gasteiger partial charge in [0.1, 0.15) is 0 Å². The molecule has 0 atom stereocenters. The number of hydrogen-bond acceptors (Lipinski definition) is 5. The van der Waals surface area contributed by atoms with Crippen molar-refractivity contribution in [2.24, 2.45) is 0 Å². The van der Waals surface area contributed by atoms with E-state index in [0.29, 0.717) is 17.7 Å². The summed E-state index contributed by atoms with van der Waals surface area (Å²) in [5.41, 5.74) is 4.44. The van der Waals surface area contributed by atoms with Gasteiger partial charge in [-0.2, -0.15) is 0 Å². The van der Waals surface area contributed by atoms with Crippen molar-refractivity contribution in [1.29, 1.82) is 0 Å². The minimum atomic E-state index is 0.0226. The van der Waals surface area contributed by atoms with Crippen LogP contribution in [0.2, 0.25) is 0 Å². The summed E-state index contributed by atoms with van der Waals surface area (Å²) in [7, 11) is 1.81. The molecular formula is C20H21N3O2S. The number of thioether (sulfide) groups is 1. The Bertz CT molecular complexity index is 893. The first-order chi connectivity index (χ1) is 12.5. The van der Waals surface area contributed by atoms with Gasteiger partial charge < -0.3 is 9.32 Å². The molecule has 1 aromatic heterocycles. The lowest BCUT2D eigenvalue weighted by Gasteiger charge is -2.18. The topological polar surface area (TPSA) is 59.2 Å². The van der Waals surface area contributed by atoms with Crippen molar-refractivity contribution in [3.05, 3.63) is 65.2 Å². The van der Waals surface area contributed by atoms with E-state index in [-0.39, 0.29) is 11.7 Å². The second-order valence-corrected chi connectivity index (χ2v) is 7.13. The van der Waals surface area contributed by atoms with E-state index in [9.17, 15) is 4.79 Å². The number of carbonyl (C=O) groups is 1. The van der Waals surface area contributed by atoms with Gasteiger partial charge in [0.15, 0.2) is 0 Å². The van der Waals surface area contributed by atoms with Crippen LogP contribution in [0.3, 0.4) is 0 Å². The lowest BCUT2D eigenvalue weighted by molar-refractivity contribution is -0.127. The Morgan fingerprint density at radius 1 is 1.12 bits per heavy atom. The summed E-state index contributed by atoms with van der Waals surface area (Å²) in [6, 6.07) is 15.8. The third kappa shape index (κ3) is 4.52. The molecule has 0 unspecified atom stereocenters. The molecule has 134 valence electrons. The van der Waals surface area contributed by atoms with Crippen molar-refractivity contribution in [3.8, 4) is 11.5 Å². The van der Waals surface area contributed by atoms with Crippen LogP contribution in [-0.2, 0) is 11.3 Å². The van der Waals surface area contributed by atoms with E-state index in [4.69, 9.17) is 4.42 Å². The molecule has 3 rings (SSSR count). The fraction of sp³-hybridized carbons (Fsp3) is 0.250. The Labute approximate surface area is 157 Å². The zero-order chi connectivity index (χ0) is 18.5. The van der Waals surface area contributed by atoms with E-state index in [0.717, 1.165) is 11.1 Å². The Balaban J connectivity index is 1.56. The van der Waals surface area contributed by atoms with Crippen molar-refractivity contribution >= 4 is 17.7 Å². The highest BCUT2D eigenvalue weighted by Crippen LogP contribution is 2.23. The van der Waals surface area contributed by atoms with E-state index < -0.39 is 0 Å². The third-order valence-corrected chi connectivity index (χ3v) is 4.88. The molecule has 1 amide bonds. The van der Waals surface area contributed by atoms with Gasteiger partial charge in [0, 0.05) is 19.2 Å². The largest absolute Gasteiger partial charge is 0.411 e. The van der Waals surface area contributed by atoms with Gasteiger partial charge in [-0.1, -0.05) is 53.7 Å². The number of rotatable bonds is 6. The van der Waals surface area contributed by atoms with Crippen molar-refractivity contribution < 1.29 is 9.21 Å². The normalized spacial score (nSPS) is 10.7. The summed E-state index contributed by atoms with van der Waals surface area (Å²) in [6.45, 7) is 4.72. The highest BCUT2D eigenvalue weighted by Gasteiger charge is 2.14. The molecule has 0 spiro atoms. The van der Waals surface area contributed by atoms with Gasteiger partial charge in [0.05, 0.1) is 5.75 Å². The molecule has 0 aliphatic heterocycles. The van der Waals surface area contributed by atoms with Crippen molar-refractivity contribution in [1.82, 2.24) is 15.1 Å². The number of aryl methyl sites for hydroxylation is 2. The molecule has 3 aromatic rings. The fourth-order valence-corrected chi connectivity index (χ4v) is 3.27. The average Bonchev–Trinajstić information content (AvgIpc) is 3.11. The summed E-state index contributed by atoms with van der Waals surface area (Å²) in [6.07, 6.45) is 0. The summed E-state index contributed by atoms with van der Waals surface area (Å²) in [5, 5.41) is 8.44.